The zero-order valence-corrected chi connectivity index (χ0v) is 9.43. The number of anilines is 1. The van der Waals surface area contributed by atoms with Crippen LogP contribution in [0.15, 0.2) is 35.5 Å². The molecule has 72 valence electrons. The standard InChI is InChI=1S/C9H8IN3O/c10-8-4-11-6-13-9(8)12-3-7-1-2-14-5-7/h1-2,4-6H,3H2,(H,11,12,13). The van der Waals surface area contributed by atoms with Crippen molar-refractivity contribution in [1.82, 2.24) is 9.97 Å². The molecule has 2 aromatic heterocycles. The molecule has 2 aromatic rings. The molecule has 0 amide bonds. The Labute approximate surface area is 94.9 Å². The summed E-state index contributed by atoms with van der Waals surface area (Å²) in [4.78, 5) is 8.03. The average molecular weight is 301 g/mol. The van der Waals surface area contributed by atoms with Crippen molar-refractivity contribution in [2.75, 3.05) is 5.32 Å². The van der Waals surface area contributed by atoms with Crippen LogP contribution in [0.25, 0.3) is 0 Å². The van der Waals surface area contributed by atoms with Gasteiger partial charge in [-0.15, -0.1) is 0 Å². The molecule has 0 aliphatic heterocycles. The highest BCUT2D eigenvalue weighted by Gasteiger charge is 2.00. The van der Waals surface area contributed by atoms with Gasteiger partial charge in [0.15, 0.2) is 0 Å². The molecule has 0 fully saturated rings. The minimum atomic E-state index is 0.712. The summed E-state index contributed by atoms with van der Waals surface area (Å²) in [7, 11) is 0. The van der Waals surface area contributed by atoms with E-state index in [-0.39, 0.29) is 0 Å². The van der Waals surface area contributed by atoms with Gasteiger partial charge in [-0.25, -0.2) is 9.97 Å². The number of rotatable bonds is 3. The maximum atomic E-state index is 4.96. The van der Waals surface area contributed by atoms with Crippen LogP contribution in [0.4, 0.5) is 5.82 Å². The predicted octanol–water partition coefficient (Wildman–Crippen LogP) is 2.29. The summed E-state index contributed by atoms with van der Waals surface area (Å²) in [6.45, 7) is 0.712. The first-order valence-electron chi connectivity index (χ1n) is 4.07. The van der Waals surface area contributed by atoms with Crippen molar-refractivity contribution in [2.24, 2.45) is 0 Å². The fourth-order valence-electron chi connectivity index (χ4n) is 1.02. The molecule has 0 aliphatic rings. The van der Waals surface area contributed by atoms with Crippen LogP contribution in [0.2, 0.25) is 0 Å². The monoisotopic (exact) mass is 301 g/mol. The Balaban J connectivity index is 2.02. The fourth-order valence-corrected chi connectivity index (χ4v) is 1.51. The van der Waals surface area contributed by atoms with Crippen LogP contribution in [0.3, 0.4) is 0 Å². The summed E-state index contributed by atoms with van der Waals surface area (Å²) in [6, 6.07) is 1.92. The SMILES string of the molecule is Ic1cncnc1NCc1ccoc1. The molecule has 0 bridgehead atoms. The first-order valence-corrected chi connectivity index (χ1v) is 5.14. The maximum Gasteiger partial charge on any atom is 0.143 e. The van der Waals surface area contributed by atoms with Crippen LogP contribution in [-0.2, 0) is 6.54 Å². The van der Waals surface area contributed by atoms with E-state index in [2.05, 4.69) is 37.9 Å². The highest BCUT2D eigenvalue weighted by Crippen LogP contribution is 2.13. The van der Waals surface area contributed by atoms with E-state index < -0.39 is 0 Å². The van der Waals surface area contributed by atoms with Gasteiger partial charge in [-0.05, 0) is 28.7 Å². The van der Waals surface area contributed by atoms with Crippen molar-refractivity contribution in [3.05, 3.63) is 40.3 Å². The van der Waals surface area contributed by atoms with Gasteiger partial charge < -0.3 is 9.73 Å². The Kier molecular flexibility index (Phi) is 2.97. The van der Waals surface area contributed by atoms with Gasteiger partial charge in [0, 0.05) is 18.3 Å². The summed E-state index contributed by atoms with van der Waals surface area (Å²) in [5.74, 6) is 0.849. The Morgan fingerprint density at radius 2 is 2.43 bits per heavy atom. The number of hydrogen-bond donors (Lipinski definition) is 1. The molecular weight excluding hydrogens is 293 g/mol. The third-order valence-corrected chi connectivity index (χ3v) is 2.50. The Hall–Kier alpha value is -1.11. The molecule has 0 saturated carbocycles. The van der Waals surface area contributed by atoms with Crippen LogP contribution in [-0.4, -0.2) is 9.97 Å². The summed E-state index contributed by atoms with van der Waals surface area (Å²) >= 11 is 2.19. The van der Waals surface area contributed by atoms with E-state index in [4.69, 9.17) is 4.42 Å². The van der Waals surface area contributed by atoms with Crippen LogP contribution >= 0.6 is 22.6 Å². The van der Waals surface area contributed by atoms with Crippen molar-refractivity contribution in [1.29, 1.82) is 0 Å². The largest absolute Gasteiger partial charge is 0.472 e. The molecule has 5 heteroatoms. The van der Waals surface area contributed by atoms with E-state index in [9.17, 15) is 0 Å². The minimum absolute atomic E-state index is 0.712. The molecule has 0 radical (unpaired) electrons. The molecule has 2 rings (SSSR count). The molecule has 2 heterocycles. The zero-order valence-electron chi connectivity index (χ0n) is 7.27. The molecule has 0 aromatic carbocycles. The highest BCUT2D eigenvalue weighted by molar-refractivity contribution is 14.1. The van der Waals surface area contributed by atoms with E-state index in [1.807, 2.05) is 6.07 Å². The van der Waals surface area contributed by atoms with Crippen LogP contribution in [0.5, 0.6) is 0 Å². The van der Waals surface area contributed by atoms with E-state index >= 15 is 0 Å². The highest BCUT2D eigenvalue weighted by atomic mass is 127. The van der Waals surface area contributed by atoms with Crippen molar-refractivity contribution in [2.45, 2.75) is 6.54 Å². The number of nitrogens with one attached hydrogen (secondary N) is 1. The smallest absolute Gasteiger partial charge is 0.143 e. The van der Waals surface area contributed by atoms with Gasteiger partial charge in [-0.1, -0.05) is 0 Å². The van der Waals surface area contributed by atoms with Gasteiger partial charge in [0.1, 0.15) is 12.1 Å². The Morgan fingerprint density at radius 1 is 1.50 bits per heavy atom. The molecule has 0 aliphatic carbocycles. The molecule has 0 spiro atoms. The second-order valence-electron chi connectivity index (χ2n) is 2.70. The number of aromatic nitrogens is 2. The Morgan fingerprint density at radius 3 is 3.14 bits per heavy atom. The lowest BCUT2D eigenvalue weighted by Gasteiger charge is -2.04. The van der Waals surface area contributed by atoms with Crippen LogP contribution < -0.4 is 5.32 Å². The summed E-state index contributed by atoms with van der Waals surface area (Å²) in [5, 5.41) is 3.20. The summed E-state index contributed by atoms with van der Waals surface area (Å²) in [6.07, 6.45) is 6.66. The summed E-state index contributed by atoms with van der Waals surface area (Å²) in [5.41, 5.74) is 1.10. The lowest BCUT2D eigenvalue weighted by molar-refractivity contribution is 0.564. The summed E-state index contributed by atoms with van der Waals surface area (Å²) < 4.78 is 5.97. The molecule has 4 nitrogen and oxygen atoms in total. The molecule has 0 unspecified atom stereocenters. The first-order chi connectivity index (χ1) is 6.86. The number of nitrogens with zero attached hydrogens (tertiary/aromatic N) is 2. The van der Waals surface area contributed by atoms with Crippen molar-refractivity contribution < 1.29 is 4.42 Å². The van der Waals surface area contributed by atoms with Crippen molar-refractivity contribution in [3.8, 4) is 0 Å². The van der Waals surface area contributed by atoms with Gasteiger partial charge in [0.2, 0.25) is 0 Å². The maximum absolute atomic E-state index is 4.96. The molecule has 0 saturated heterocycles. The van der Waals surface area contributed by atoms with Crippen molar-refractivity contribution >= 4 is 28.4 Å². The molecular formula is C9H8IN3O. The van der Waals surface area contributed by atoms with Gasteiger partial charge in [0.05, 0.1) is 16.1 Å². The van der Waals surface area contributed by atoms with E-state index in [1.54, 1.807) is 18.7 Å². The van der Waals surface area contributed by atoms with Crippen LogP contribution in [0.1, 0.15) is 5.56 Å². The predicted molar refractivity (Wildman–Crippen MR) is 60.8 cm³/mol. The zero-order chi connectivity index (χ0) is 9.80. The molecule has 0 atom stereocenters. The molecule has 14 heavy (non-hydrogen) atoms. The number of furan rings is 1. The Bertz CT molecular complexity index is 402. The van der Waals surface area contributed by atoms with Crippen molar-refractivity contribution in [3.63, 3.8) is 0 Å². The third kappa shape index (κ3) is 2.22. The quantitative estimate of drug-likeness (QED) is 0.884. The topological polar surface area (TPSA) is 51.0 Å². The van der Waals surface area contributed by atoms with E-state index in [0.717, 1.165) is 15.0 Å². The van der Waals surface area contributed by atoms with Gasteiger partial charge in [0.25, 0.3) is 0 Å². The second-order valence-corrected chi connectivity index (χ2v) is 3.87. The van der Waals surface area contributed by atoms with Crippen LogP contribution in [0, 0.1) is 3.57 Å². The lowest BCUT2D eigenvalue weighted by Crippen LogP contribution is -2.02. The third-order valence-electron chi connectivity index (χ3n) is 1.71. The van der Waals surface area contributed by atoms with Gasteiger partial charge in [-0.2, -0.15) is 0 Å². The van der Waals surface area contributed by atoms with E-state index in [0.29, 0.717) is 6.54 Å². The normalized spacial score (nSPS) is 10.1. The second kappa shape index (κ2) is 4.41. The lowest BCUT2D eigenvalue weighted by atomic mass is 10.3. The fraction of sp³-hybridized carbons (Fsp3) is 0.111. The number of halogens is 1. The van der Waals surface area contributed by atoms with Gasteiger partial charge >= 0.3 is 0 Å². The van der Waals surface area contributed by atoms with E-state index in [1.165, 1.54) is 6.33 Å². The molecule has 1 N–H and O–H groups in total. The minimum Gasteiger partial charge on any atom is -0.472 e. The average Bonchev–Trinajstić information content (AvgIpc) is 2.69. The first kappa shape index (κ1) is 9.45. The van der Waals surface area contributed by atoms with Gasteiger partial charge in [-0.3, -0.25) is 0 Å². The number of hydrogen-bond acceptors (Lipinski definition) is 4.